The number of hydrogen-bond acceptors (Lipinski definition) is 8. The molecule has 0 bridgehead atoms. The average molecular weight is 360 g/mol. The molecule has 1 rings (SSSR count). The summed E-state index contributed by atoms with van der Waals surface area (Å²) in [5, 5.41) is 0. The summed E-state index contributed by atoms with van der Waals surface area (Å²) in [7, 11) is -4.02. The Morgan fingerprint density at radius 1 is 0.773 bits per heavy atom. The van der Waals surface area contributed by atoms with Crippen molar-refractivity contribution in [3.05, 3.63) is 0 Å². The highest BCUT2D eigenvalue weighted by Crippen LogP contribution is 2.34. The Bertz CT molecular complexity index is 491. The molecule has 0 aromatic rings. The molecule has 0 amide bonds. The zero-order valence-electron chi connectivity index (χ0n) is 13.2. The second kappa shape index (κ2) is 8.02. The van der Waals surface area contributed by atoms with E-state index < -0.39 is 20.2 Å². The Labute approximate surface area is 132 Å². The highest BCUT2D eigenvalue weighted by Gasteiger charge is 2.38. The van der Waals surface area contributed by atoms with E-state index in [1.165, 1.54) is 0 Å². The predicted molar refractivity (Wildman–Crippen MR) is 79.4 cm³/mol. The van der Waals surface area contributed by atoms with Crippen LogP contribution in [-0.4, -0.2) is 69.0 Å². The largest absolute Gasteiger partial charge is 0.379 e. The first-order chi connectivity index (χ1) is 10.1. The van der Waals surface area contributed by atoms with Gasteiger partial charge < -0.3 is 9.47 Å². The highest BCUT2D eigenvalue weighted by atomic mass is 32.2. The van der Waals surface area contributed by atoms with E-state index in [4.69, 9.17) is 17.8 Å². The third kappa shape index (κ3) is 6.88. The van der Waals surface area contributed by atoms with Gasteiger partial charge in [0.05, 0.1) is 37.9 Å². The van der Waals surface area contributed by atoms with Crippen molar-refractivity contribution in [2.45, 2.75) is 25.0 Å². The maximum Gasteiger partial charge on any atom is 0.264 e. The lowest BCUT2D eigenvalue weighted by molar-refractivity contribution is -0.0967. The van der Waals surface area contributed by atoms with Gasteiger partial charge in [0.1, 0.15) is 0 Å². The lowest BCUT2D eigenvalue weighted by Gasteiger charge is -2.39. The molecule has 0 unspecified atom stereocenters. The van der Waals surface area contributed by atoms with Gasteiger partial charge in [-0.05, 0) is 24.7 Å². The second-order valence-electron chi connectivity index (χ2n) is 5.52. The van der Waals surface area contributed by atoms with Crippen LogP contribution in [0.4, 0.5) is 0 Å². The summed E-state index contributed by atoms with van der Waals surface area (Å²) in [6.45, 7) is -0.0696. The number of rotatable bonds is 8. The molecule has 132 valence electrons. The summed E-state index contributed by atoms with van der Waals surface area (Å²) >= 11 is 0. The molecule has 0 aromatic heterocycles. The van der Waals surface area contributed by atoms with Gasteiger partial charge in [0.25, 0.3) is 20.2 Å². The van der Waals surface area contributed by atoms with E-state index in [9.17, 15) is 16.8 Å². The molecular formula is C12H24O8S2. The molecule has 4 atom stereocenters. The van der Waals surface area contributed by atoms with Crippen molar-refractivity contribution >= 4 is 20.2 Å². The molecule has 0 spiro atoms. The van der Waals surface area contributed by atoms with Crippen molar-refractivity contribution in [3.8, 4) is 0 Å². The van der Waals surface area contributed by atoms with Crippen LogP contribution in [0, 0.1) is 11.8 Å². The minimum atomic E-state index is -3.56. The van der Waals surface area contributed by atoms with Crippen LogP contribution in [0.1, 0.15) is 12.8 Å². The van der Waals surface area contributed by atoms with Gasteiger partial charge in [0, 0.05) is 14.2 Å². The van der Waals surface area contributed by atoms with E-state index >= 15 is 0 Å². The fourth-order valence-corrected chi connectivity index (χ4v) is 3.46. The van der Waals surface area contributed by atoms with Crippen LogP contribution in [-0.2, 0) is 38.1 Å². The molecule has 1 aliphatic carbocycles. The molecular weight excluding hydrogens is 336 g/mol. The number of methoxy groups -OCH3 is 2. The van der Waals surface area contributed by atoms with Crippen LogP contribution in [0.3, 0.4) is 0 Å². The van der Waals surface area contributed by atoms with Gasteiger partial charge >= 0.3 is 0 Å². The monoisotopic (exact) mass is 360 g/mol. The lowest BCUT2D eigenvalue weighted by Crippen LogP contribution is -2.44. The summed E-state index contributed by atoms with van der Waals surface area (Å²) in [5.74, 6) is -0.402. The molecule has 1 fully saturated rings. The zero-order chi connectivity index (χ0) is 17.0. The topological polar surface area (TPSA) is 105 Å². The van der Waals surface area contributed by atoms with Crippen LogP contribution in [0.2, 0.25) is 0 Å². The van der Waals surface area contributed by atoms with Crippen molar-refractivity contribution in [3.63, 3.8) is 0 Å². The number of hydrogen-bond donors (Lipinski definition) is 0. The fraction of sp³-hybridized carbons (Fsp3) is 1.00. The third-order valence-corrected chi connectivity index (χ3v) is 4.88. The Morgan fingerprint density at radius 3 is 1.32 bits per heavy atom. The van der Waals surface area contributed by atoms with Crippen molar-refractivity contribution < 1.29 is 34.7 Å². The summed E-state index contributed by atoms with van der Waals surface area (Å²) in [6, 6.07) is 0. The maximum absolute atomic E-state index is 11.2. The summed E-state index contributed by atoms with van der Waals surface area (Å²) in [4.78, 5) is 0. The molecule has 0 aliphatic heterocycles. The number of ether oxygens (including phenoxy) is 2. The summed E-state index contributed by atoms with van der Waals surface area (Å²) < 4.78 is 65.1. The van der Waals surface area contributed by atoms with Gasteiger partial charge in [-0.2, -0.15) is 16.8 Å². The Hall–Kier alpha value is -0.260. The minimum Gasteiger partial charge on any atom is -0.379 e. The third-order valence-electron chi connectivity index (χ3n) is 3.75. The van der Waals surface area contributed by atoms with Crippen molar-refractivity contribution in [1.82, 2.24) is 0 Å². The highest BCUT2D eigenvalue weighted by molar-refractivity contribution is 7.86. The first-order valence-corrected chi connectivity index (χ1v) is 10.4. The average Bonchev–Trinajstić information content (AvgIpc) is 2.40. The van der Waals surface area contributed by atoms with Crippen LogP contribution in [0.5, 0.6) is 0 Å². The summed E-state index contributed by atoms with van der Waals surface area (Å²) in [6.07, 6.45) is 2.55. The fourth-order valence-electron chi connectivity index (χ4n) is 2.61. The quantitative estimate of drug-likeness (QED) is 0.557. The van der Waals surface area contributed by atoms with Gasteiger partial charge in [-0.15, -0.1) is 0 Å². The van der Waals surface area contributed by atoms with E-state index in [0.717, 1.165) is 12.5 Å². The van der Waals surface area contributed by atoms with E-state index in [0.29, 0.717) is 12.8 Å². The molecule has 10 heteroatoms. The standard InChI is InChI=1S/C12H24O8S2/c1-17-11-5-9(7-19-21(3,13)14)10(6-12(11)18-2)8-20-22(4,15)16/h9-12H,5-8H2,1-4H3/t9-,10-,11+,12+/m1/s1. The van der Waals surface area contributed by atoms with Gasteiger partial charge in [-0.3, -0.25) is 8.37 Å². The van der Waals surface area contributed by atoms with E-state index in [2.05, 4.69) is 0 Å². The molecule has 0 aromatic carbocycles. The minimum absolute atomic E-state index is 0.0348. The van der Waals surface area contributed by atoms with E-state index in [1.54, 1.807) is 14.2 Å². The molecule has 1 aliphatic rings. The molecule has 0 N–H and O–H groups in total. The van der Waals surface area contributed by atoms with Gasteiger partial charge in [-0.25, -0.2) is 0 Å². The second-order valence-corrected chi connectivity index (χ2v) is 8.81. The first kappa shape index (κ1) is 19.8. The summed E-state index contributed by atoms with van der Waals surface area (Å²) in [5.41, 5.74) is 0. The van der Waals surface area contributed by atoms with E-state index in [1.807, 2.05) is 0 Å². The van der Waals surface area contributed by atoms with Crippen molar-refractivity contribution in [1.29, 1.82) is 0 Å². The molecule has 8 nitrogen and oxygen atoms in total. The molecule has 22 heavy (non-hydrogen) atoms. The van der Waals surface area contributed by atoms with E-state index in [-0.39, 0.29) is 37.3 Å². The lowest BCUT2D eigenvalue weighted by atomic mass is 9.77. The van der Waals surface area contributed by atoms with Crippen LogP contribution in [0.15, 0.2) is 0 Å². The zero-order valence-corrected chi connectivity index (χ0v) is 14.9. The SMILES string of the molecule is CO[C@H]1C[C@H](COS(C)(=O)=O)[C@@H](COS(C)(=O)=O)C[C@@H]1OC. The molecule has 1 saturated carbocycles. The first-order valence-electron chi connectivity index (χ1n) is 6.80. The van der Waals surface area contributed by atoms with Gasteiger partial charge in [-0.1, -0.05) is 0 Å². The van der Waals surface area contributed by atoms with Crippen molar-refractivity contribution in [2.75, 3.05) is 39.9 Å². The van der Waals surface area contributed by atoms with Crippen molar-refractivity contribution in [2.24, 2.45) is 11.8 Å². The van der Waals surface area contributed by atoms with Crippen LogP contribution >= 0.6 is 0 Å². The maximum atomic E-state index is 11.2. The van der Waals surface area contributed by atoms with Gasteiger partial charge in [0.2, 0.25) is 0 Å². The molecule has 0 saturated heterocycles. The molecule has 0 heterocycles. The van der Waals surface area contributed by atoms with Crippen LogP contribution in [0.25, 0.3) is 0 Å². The smallest absolute Gasteiger partial charge is 0.264 e. The Kier molecular flexibility index (Phi) is 7.21. The predicted octanol–water partition coefficient (Wildman–Crippen LogP) is -0.00500. The Balaban J connectivity index is 2.80. The Morgan fingerprint density at radius 2 is 1.09 bits per heavy atom. The van der Waals surface area contributed by atoms with Gasteiger partial charge in [0.15, 0.2) is 0 Å². The van der Waals surface area contributed by atoms with Crippen LogP contribution < -0.4 is 0 Å². The molecule has 0 radical (unpaired) electrons. The normalized spacial score (nSPS) is 30.4.